The van der Waals surface area contributed by atoms with Gasteiger partial charge in [0.2, 0.25) is 5.69 Å². The molecule has 0 fully saturated rings. The van der Waals surface area contributed by atoms with Gasteiger partial charge in [-0.15, -0.1) is 0 Å². The third-order valence-corrected chi connectivity index (χ3v) is 9.74. The van der Waals surface area contributed by atoms with Crippen LogP contribution in [0.5, 0.6) is 0 Å². The summed E-state index contributed by atoms with van der Waals surface area (Å²) in [6.07, 6.45) is 5.53. The maximum Gasteiger partial charge on any atom is 0.222 e. The molecule has 0 atom stereocenters. The number of benzene rings is 4. The molecule has 1 nitrogen and oxygen atoms in total. The lowest BCUT2D eigenvalue weighted by atomic mass is 9.82. The minimum Gasteiger partial charge on any atom is -0.200 e. The van der Waals surface area contributed by atoms with Gasteiger partial charge in [-0.05, 0) is 92.8 Å². The van der Waals surface area contributed by atoms with E-state index >= 15 is 0 Å². The van der Waals surface area contributed by atoms with E-state index in [1.165, 1.54) is 75.6 Å². The first-order chi connectivity index (χ1) is 19.2. The average molecular weight is 561 g/mol. The molecule has 0 unspecified atom stereocenters. The average Bonchev–Trinajstić information content (AvgIpc) is 2.86. The standard InChI is InChI=1S/C39H46NS/c1-23(2)18-25-14-15-28-30(19-25)24(3)34-36-35-29(16-17-40(36)10)27-13-11-12-26(21-38(4,5)6)31(27)20-33(35)41-37(34)32(28)22-39(7,8)9/h11-17,19-20,23H,18,21-22H2,1-10H3/q+1. The van der Waals surface area contributed by atoms with Gasteiger partial charge in [-0.1, -0.05) is 104 Å². The molecule has 1 aromatic heterocycles. The van der Waals surface area contributed by atoms with Crippen molar-refractivity contribution in [3.8, 4) is 11.3 Å². The number of hydrogen-bond donors (Lipinski definition) is 0. The summed E-state index contributed by atoms with van der Waals surface area (Å²) in [4.78, 5) is 2.86. The van der Waals surface area contributed by atoms with Gasteiger partial charge in [0, 0.05) is 21.2 Å². The summed E-state index contributed by atoms with van der Waals surface area (Å²) in [6.45, 7) is 21.2. The topological polar surface area (TPSA) is 3.88 Å². The summed E-state index contributed by atoms with van der Waals surface area (Å²) in [6, 6.07) is 19.1. The molecule has 5 aromatic rings. The molecule has 212 valence electrons. The summed E-state index contributed by atoms with van der Waals surface area (Å²) in [7, 11) is 2.24. The lowest BCUT2D eigenvalue weighted by Gasteiger charge is -2.28. The Morgan fingerprint density at radius 3 is 2.20 bits per heavy atom. The molecule has 0 amide bonds. The first kappa shape index (κ1) is 28.3. The Bertz CT molecular complexity index is 1840. The Kier molecular flexibility index (Phi) is 6.81. The lowest BCUT2D eigenvalue weighted by Crippen LogP contribution is -2.32. The predicted octanol–water partition coefficient (Wildman–Crippen LogP) is 10.8. The maximum atomic E-state index is 2.52. The van der Waals surface area contributed by atoms with Gasteiger partial charge < -0.3 is 0 Å². The van der Waals surface area contributed by atoms with E-state index in [1.54, 1.807) is 0 Å². The van der Waals surface area contributed by atoms with Gasteiger partial charge >= 0.3 is 0 Å². The van der Waals surface area contributed by atoms with Crippen LogP contribution in [-0.2, 0) is 26.3 Å². The first-order valence-electron chi connectivity index (χ1n) is 15.3. The molecule has 2 heterocycles. The van der Waals surface area contributed by atoms with Crippen LogP contribution in [0.3, 0.4) is 0 Å². The summed E-state index contributed by atoms with van der Waals surface area (Å²) in [5, 5.41) is 8.44. The zero-order chi connectivity index (χ0) is 29.4. The Labute approximate surface area is 251 Å². The number of aromatic nitrogens is 1. The van der Waals surface area contributed by atoms with E-state index in [-0.39, 0.29) is 10.8 Å². The van der Waals surface area contributed by atoms with E-state index in [4.69, 9.17) is 0 Å². The second-order valence-corrected chi connectivity index (χ2v) is 16.4. The molecule has 1 aliphatic heterocycles. The third-order valence-electron chi connectivity index (χ3n) is 8.54. The van der Waals surface area contributed by atoms with Crippen LogP contribution in [0.25, 0.3) is 43.6 Å². The van der Waals surface area contributed by atoms with Crippen LogP contribution in [0.2, 0.25) is 0 Å². The Morgan fingerprint density at radius 1 is 0.780 bits per heavy atom. The van der Waals surface area contributed by atoms with Gasteiger partial charge in [0.1, 0.15) is 7.05 Å². The Balaban J connectivity index is 1.73. The number of rotatable bonds is 4. The van der Waals surface area contributed by atoms with Crippen molar-refractivity contribution in [1.82, 2.24) is 0 Å². The molecule has 0 aliphatic carbocycles. The molecule has 0 spiro atoms. The lowest BCUT2D eigenvalue weighted by molar-refractivity contribution is -0.659. The number of nitrogens with zero attached hydrogens (tertiary/aromatic N) is 1. The third kappa shape index (κ3) is 5.07. The summed E-state index contributed by atoms with van der Waals surface area (Å²) < 4.78 is 2.38. The van der Waals surface area contributed by atoms with Gasteiger partial charge in [-0.2, -0.15) is 0 Å². The molecule has 1 aliphatic rings. The highest BCUT2D eigenvalue weighted by Gasteiger charge is 2.33. The van der Waals surface area contributed by atoms with Crippen LogP contribution in [0, 0.1) is 23.7 Å². The predicted molar refractivity (Wildman–Crippen MR) is 179 cm³/mol. The van der Waals surface area contributed by atoms with E-state index in [2.05, 4.69) is 129 Å². The molecule has 6 rings (SSSR count). The van der Waals surface area contributed by atoms with E-state index in [0.29, 0.717) is 5.92 Å². The highest BCUT2D eigenvalue weighted by atomic mass is 32.2. The van der Waals surface area contributed by atoms with Crippen LogP contribution in [0.4, 0.5) is 0 Å². The second-order valence-electron chi connectivity index (χ2n) is 15.3. The fraction of sp³-hybridized carbons (Fsp3) is 0.410. The molecule has 0 saturated carbocycles. The maximum absolute atomic E-state index is 2.52. The molecule has 0 saturated heterocycles. The number of aryl methyl sites for hydroxylation is 2. The van der Waals surface area contributed by atoms with Gasteiger partial charge in [0.25, 0.3) is 0 Å². The van der Waals surface area contributed by atoms with Gasteiger partial charge in [-0.3, -0.25) is 0 Å². The van der Waals surface area contributed by atoms with Gasteiger partial charge in [0.05, 0.1) is 10.9 Å². The molecule has 0 bridgehead atoms. The van der Waals surface area contributed by atoms with Crippen LogP contribution >= 0.6 is 11.8 Å². The van der Waals surface area contributed by atoms with Crippen molar-refractivity contribution in [2.75, 3.05) is 0 Å². The molecule has 0 radical (unpaired) electrons. The van der Waals surface area contributed by atoms with Crippen LogP contribution < -0.4 is 4.57 Å². The quantitative estimate of drug-likeness (QED) is 0.153. The largest absolute Gasteiger partial charge is 0.222 e. The summed E-state index contributed by atoms with van der Waals surface area (Å²) in [5.41, 5.74) is 9.06. The van der Waals surface area contributed by atoms with Crippen molar-refractivity contribution >= 4 is 44.1 Å². The van der Waals surface area contributed by atoms with E-state index in [9.17, 15) is 0 Å². The summed E-state index contributed by atoms with van der Waals surface area (Å²) >= 11 is 2.02. The zero-order valence-electron chi connectivity index (χ0n) is 26.8. The highest BCUT2D eigenvalue weighted by molar-refractivity contribution is 8.00. The van der Waals surface area contributed by atoms with Crippen LogP contribution in [-0.4, -0.2) is 0 Å². The van der Waals surface area contributed by atoms with E-state index in [1.807, 2.05) is 11.8 Å². The second kappa shape index (κ2) is 9.87. The van der Waals surface area contributed by atoms with Crippen LogP contribution in [0.15, 0.2) is 64.5 Å². The molecular formula is C39H46NS+. The molecule has 0 N–H and O–H groups in total. The van der Waals surface area contributed by atoms with Crippen molar-refractivity contribution < 1.29 is 4.57 Å². The van der Waals surface area contributed by atoms with Crippen molar-refractivity contribution in [2.24, 2.45) is 23.8 Å². The number of hydrogen-bond acceptors (Lipinski definition) is 1. The zero-order valence-corrected chi connectivity index (χ0v) is 27.6. The Morgan fingerprint density at radius 2 is 1.51 bits per heavy atom. The molecule has 41 heavy (non-hydrogen) atoms. The van der Waals surface area contributed by atoms with Gasteiger partial charge in [-0.25, -0.2) is 4.57 Å². The van der Waals surface area contributed by atoms with Crippen LogP contribution in [0.1, 0.15) is 77.6 Å². The number of pyridine rings is 1. The van der Waals surface area contributed by atoms with Gasteiger partial charge in [0.15, 0.2) is 6.20 Å². The number of fused-ring (bicyclic) bond motifs is 5. The fourth-order valence-electron chi connectivity index (χ4n) is 7.01. The Hall–Kier alpha value is -2.84. The molecular weight excluding hydrogens is 515 g/mol. The van der Waals surface area contributed by atoms with Crippen molar-refractivity contribution in [1.29, 1.82) is 0 Å². The first-order valence-corrected chi connectivity index (χ1v) is 16.2. The molecule has 2 heteroatoms. The monoisotopic (exact) mass is 560 g/mol. The minimum atomic E-state index is 0.185. The van der Waals surface area contributed by atoms with Crippen molar-refractivity contribution in [3.05, 3.63) is 77.0 Å². The minimum absolute atomic E-state index is 0.185. The highest BCUT2D eigenvalue weighted by Crippen LogP contribution is 2.53. The fourth-order valence-corrected chi connectivity index (χ4v) is 8.37. The SMILES string of the molecule is Cc1c2c(c(CC(C)(C)C)c3ccc(CC(C)C)cc13)Sc1cc3c(CC(C)(C)C)cccc3c3cc[n+](C)c-2c13. The van der Waals surface area contributed by atoms with E-state index in [0.717, 1.165) is 19.3 Å². The van der Waals surface area contributed by atoms with Crippen molar-refractivity contribution in [2.45, 2.75) is 91.4 Å². The smallest absolute Gasteiger partial charge is 0.200 e. The van der Waals surface area contributed by atoms with E-state index < -0.39 is 0 Å². The normalized spacial score (nSPS) is 13.5. The summed E-state index contributed by atoms with van der Waals surface area (Å²) in [5.74, 6) is 0.643. The van der Waals surface area contributed by atoms with Crippen molar-refractivity contribution in [3.63, 3.8) is 0 Å². The molecule has 4 aromatic carbocycles.